The van der Waals surface area contributed by atoms with Crippen molar-refractivity contribution >= 4 is 15.9 Å². The largest absolute Gasteiger partial charge is 0.453 e. The Labute approximate surface area is 123 Å². The lowest BCUT2D eigenvalue weighted by molar-refractivity contribution is 0.137. The summed E-state index contributed by atoms with van der Waals surface area (Å²) < 4.78 is 6.60. The van der Waals surface area contributed by atoms with Gasteiger partial charge in [0.15, 0.2) is 4.67 Å². The zero-order valence-corrected chi connectivity index (χ0v) is 13.2. The van der Waals surface area contributed by atoms with E-state index in [4.69, 9.17) is 4.42 Å². The second kappa shape index (κ2) is 5.98. The van der Waals surface area contributed by atoms with Crippen LogP contribution < -0.4 is 5.32 Å². The van der Waals surface area contributed by atoms with Crippen molar-refractivity contribution in [3.8, 4) is 0 Å². The van der Waals surface area contributed by atoms with Crippen LogP contribution in [0.5, 0.6) is 0 Å². The van der Waals surface area contributed by atoms with Gasteiger partial charge in [-0.25, -0.2) is 0 Å². The standard InChI is InChI=1S/C15H23BrN2O/c1-11(14-4-5-15(16)19-14)18(13-2-3-13)10-12-6-8-17-9-7-12/h4-5,11-13,17H,2-3,6-10H2,1H3. The Morgan fingerprint density at radius 1 is 1.32 bits per heavy atom. The Kier molecular flexibility index (Phi) is 4.30. The zero-order valence-electron chi connectivity index (χ0n) is 11.6. The summed E-state index contributed by atoms with van der Waals surface area (Å²) in [4.78, 5) is 2.67. The molecule has 1 saturated heterocycles. The molecule has 0 spiro atoms. The highest BCUT2D eigenvalue weighted by Crippen LogP contribution is 2.36. The molecule has 1 aromatic heterocycles. The topological polar surface area (TPSA) is 28.4 Å². The van der Waals surface area contributed by atoms with E-state index in [9.17, 15) is 0 Å². The first-order valence-corrected chi connectivity index (χ1v) is 8.25. The summed E-state index contributed by atoms with van der Waals surface area (Å²) in [5, 5.41) is 3.45. The molecule has 3 nitrogen and oxygen atoms in total. The Morgan fingerprint density at radius 2 is 2.05 bits per heavy atom. The van der Waals surface area contributed by atoms with Crippen LogP contribution in [-0.2, 0) is 0 Å². The van der Waals surface area contributed by atoms with Gasteiger partial charge in [0.25, 0.3) is 0 Å². The van der Waals surface area contributed by atoms with E-state index in [1.54, 1.807) is 0 Å². The first kappa shape index (κ1) is 13.7. The molecule has 106 valence electrons. The second-order valence-electron chi connectivity index (χ2n) is 5.94. The van der Waals surface area contributed by atoms with Crippen LogP contribution in [0.2, 0.25) is 0 Å². The molecule has 1 aromatic rings. The van der Waals surface area contributed by atoms with E-state index in [1.807, 2.05) is 6.07 Å². The molecule has 3 rings (SSSR count). The molecule has 1 aliphatic heterocycles. The lowest BCUT2D eigenvalue weighted by Gasteiger charge is -2.33. The highest BCUT2D eigenvalue weighted by atomic mass is 79.9. The number of hydrogen-bond acceptors (Lipinski definition) is 3. The van der Waals surface area contributed by atoms with E-state index >= 15 is 0 Å². The molecule has 0 bridgehead atoms. The molecule has 1 N–H and O–H groups in total. The number of nitrogens with zero attached hydrogens (tertiary/aromatic N) is 1. The van der Waals surface area contributed by atoms with Crippen LogP contribution >= 0.6 is 15.9 Å². The SMILES string of the molecule is CC(c1ccc(Br)o1)N(CC1CCNCC1)C1CC1. The fourth-order valence-corrected chi connectivity index (χ4v) is 3.43. The number of rotatable bonds is 5. The molecule has 4 heteroatoms. The molecule has 1 unspecified atom stereocenters. The van der Waals surface area contributed by atoms with Gasteiger partial charge < -0.3 is 9.73 Å². The number of hydrogen-bond donors (Lipinski definition) is 1. The van der Waals surface area contributed by atoms with Gasteiger partial charge in [-0.3, -0.25) is 4.90 Å². The van der Waals surface area contributed by atoms with Crippen molar-refractivity contribution in [1.82, 2.24) is 10.2 Å². The van der Waals surface area contributed by atoms with E-state index in [0.717, 1.165) is 22.4 Å². The molecule has 2 heterocycles. The predicted molar refractivity (Wildman–Crippen MR) is 80.1 cm³/mol. The minimum atomic E-state index is 0.397. The molecule has 0 amide bonds. The van der Waals surface area contributed by atoms with E-state index < -0.39 is 0 Å². The molecule has 1 aliphatic carbocycles. The van der Waals surface area contributed by atoms with Crippen LogP contribution in [-0.4, -0.2) is 30.6 Å². The van der Waals surface area contributed by atoms with Gasteiger partial charge in [-0.15, -0.1) is 0 Å². The minimum Gasteiger partial charge on any atom is -0.453 e. The molecule has 1 saturated carbocycles. The number of furan rings is 1. The summed E-state index contributed by atoms with van der Waals surface area (Å²) in [5.74, 6) is 1.94. The highest BCUT2D eigenvalue weighted by Gasteiger charge is 2.35. The summed E-state index contributed by atoms with van der Waals surface area (Å²) in [6.07, 6.45) is 5.35. The molecule has 0 aromatic carbocycles. The summed E-state index contributed by atoms with van der Waals surface area (Å²) in [6, 6.07) is 5.29. The fraction of sp³-hybridized carbons (Fsp3) is 0.733. The van der Waals surface area contributed by atoms with Crippen molar-refractivity contribution < 1.29 is 4.42 Å². The van der Waals surface area contributed by atoms with Crippen LogP contribution in [0.1, 0.15) is 44.4 Å². The monoisotopic (exact) mass is 326 g/mol. The van der Waals surface area contributed by atoms with Crippen molar-refractivity contribution in [1.29, 1.82) is 0 Å². The van der Waals surface area contributed by atoms with Crippen molar-refractivity contribution in [3.05, 3.63) is 22.6 Å². The minimum absolute atomic E-state index is 0.397. The molecule has 1 atom stereocenters. The van der Waals surface area contributed by atoms with Crippen LogP contribution in [0.3, 0.4) is 0 Å². The van der Waals surface area contributed by atoms with E-state index in [2.05, 4.69) is 39.1 Å². The second-order valence-corrected chi connectivity index (χ2v) is 6.72. The highest BCUT2D eigenvalue weighted by molar-refractivity contribution is 9.10. The van der Waals surface area contributed by atoms with Gasteiger partial charge in [-0.1, -0.05) is 0 Å². The Hall–Kier alpha value is -0.320. The van der Waals surface area contributed by atoms with Gasteiger partial charge in [-0.2, -0.15) is 0 Å². The van der Waals surface area contributed by atoms with Gasteiger partial charge in [0.2, 0.25) is 0 Å². The van der Waals surface area contributed by atoms with Crippen LogP contribution in [0.4, 0.5) is 0 Å². The maximum absolute atomic E-state index is 5.76. The van der Waals surface area contributed by atoms with Crippen LogP contribution in [0, 0.1) is 5.92 Å². The smallest absolute Gasteiger partial charge is 0.169 e. The average Bonchev–Trinajstić information content (AvgIpc) is 3.18. The first-order valence-electron chi connectivity index (χ1n) is 7.45. The lowest BCUT2D eigenvalue weighted by atomic mass is 9.96. The summed E-state index contributed by atoms with van der Waals surface area (Å²) >= 11 is 3.41. The van der Waals surface area contributed by atoms with Gasteiger partial charge in [-0.05, 0) is 79.7 Å². The van der Waals surface area contributed by atoms with Crippen molar-refractivity contribution in [2.45, 2.75) is 44.7 Å². The molecule has 0 radical (unpaired) electrons. The maximum Gasteiger partial charge on any atom is 0.169 e. The van der Waals surface area contributed by atoms with Crippen molar-refractivity contribution in [2.75, 3.05) is 19.6 Å². The third-order valence-electron chi connectivity index (χ3n) is 4.45. The maximum atomic E-state index is 5.76. The Morgan fingerprint density at radius 3 is 2.63 bits per heavy atom. The normalized spacial score (nSPS) is 22.9. The first-order chi connectivity index (χ1) is 9.24. The van der Waals surface area contributed by atoms with Crippen LogP contribution in [0.25, 0.3) is 0 Å². The van der Waals surface area contributed by atoms with Gasteiger partial charge in [0.05, 0.1) is 6.04 Å². The van der Waals surface area contributed by atoms with Gasteiger partial charge in [0.1, 0.15) is 5.76 Å². The molecular weight excluding hydrogens is 304 g/mol. The molecule has 2 fully saturated rings. The third-order valence-corrected chi connectivity index (χ3v) is 4.87. The molecule has 19 heavy (non-hydrogen) atoms. The van der Waals surface area contributed by atoms with Gasteiger partial charge >= 0.3 is 0 Å². The summed E-state index contributed by atoms with van der Waals surface area (Å²) in [7, 11) is 0. The number of halogens is 1. The van der Waals surface area contributed by atoms with Gasteiger partial charge in [0, 0.05) is 12.6 Å². The number of nitrogens with one attached hydrogen (secondary N) is 1. The van der Waals surface area contributed by atoms with E-state index in [-0.39, 0.29) is 0 Å². The van der Waals surface area contributed by atoms with E-state index in [0.29, 0.717) is 6.04 Å². The lowest BCUT2D eigenvalue weighted by Crippen LogP contribution is -2.38. The quantitative estimate of drug-likeness (QED) is 0.896. The third kappa shape index (κ3) is 3.41. The predicted octanol–water partition coefficient (Wildman–Crippen LogP) is 3.57. The Balaban J connectivity index is 1.66. The van der Waals surface area contributed by atoms with Crippen molar-refractivity contribution in [3.63, 3.8) is 0 Å². The molecule has 2 aliphatic rings. The Bertz CT molecular complexity index is 410. The summed E-state index contributed by atoms with van der Waals surface area (Å²) in [6.45, 7) is 5.88. The zero-order chi connectivity index (χ0) is 13.2. The number of piperidine rings is 1. The average molecular weight is 327 g/mol. The van der Waals surface area contributed by atoms with Crippen molar-refractivity contribution in [2.24, 2.45) is 5.92 Å². The fourth-order valence-electron chi connectivity index (χ4n) is 3.11. The summed E-state index contributed by atoms with van der Waals surface area (Å²) in [5.41, 5.74) is 0. The van der Waals surface area contributed by atoms with Crippen LogP contribution in [0.15, 0.2) is 21.2 Å². The molecular formula is C15H23BrN2O. The van der Waals surface area contributed by atoms with E-state index in [1.165, 1.54) is 45.3 Å².